The van der Waals surface area contributed by atoms with Crippen molar-refractivity contribution in [2.75, 3.05) is 24.5 Å². The van der Waals surface area contributed by atoms with Crippen LogP contribution in [0.3, 0.4) is 0 Å². The van der Waals surface area contributed by atoms with Crippen LogP contribution in [0.5, 0.6) is 0 Å². The van der Waals surface area contributed by atoms with Gasteiger partial charge < -0.3 is 10.2 Å². The topological polar surface area (TPSA) is 15.3 Å². The first-order chi connectivity index (χ1) is 7.62. The highest BCUT2D eigenvalue weighted by molar-refractivity contribution is 5.58. The molecule has 0 spiro atoms. The molecule has 0 bridgehead atoms. The molecule has 0 radical (unpaired) electrons. The van der Waals surface area contributed by atoms with Crippen molar-refractivity contribution in [2.24, 2.45) is 0 Å². The standard InChI is InChI=1S/C14H22N2/c1-4-15-14(2,3)11-16-10-9-12-7-5-6-8-13(12)16/h5-8,15H,4,9-11H2,1-3H3. The number of likely N-dealkylation sites (N-methyl/N-ethyl adjacent to an activating group) is 1. The Hall–Kier alpha value is -1.02. The highest BCUT2D eigenvalue weighted by atomic mass is 15.2. The third-order valence-corrected chi connectivity index (χ3v) is 3.22. The lowest BCUT2D eigenvalue weighted by Gasteiger charge is -2.32. The van der Waals surface area contributed by atoms with Crippen LogP contribution in [-0.2, 0) is 6.42 Å². The van der Waals surface area contributed by atoms with Crippen molar-refractivity contribution in [3.63, 3.8) is 0 Å². The molecule has 0 aromatic heterocycles. The molecule has 2 heteroatoms. The van der Waals surface area contributed by atoms with E-state index in [1.54, 1.807) is 0 Å². The van der Waals surface area contributed by atoms with Crippen LogP contribution in [0.15, 0.2) is 24.3 Å². The van der Waals surface area contributed by atoms with Gasteiger partial charge in [-0.05, 0) is 38.4 Å². The van der Waals surface area contributed by atoms with E-state index in [2.05, 4.69) is 55.3 Å². The smallest absolute Gasteiger partial charge is 0.0400 e. The predicted octanol–water partition coefficient (Wildman–Crippen LogP) is 2.44. The SMILES string of the molecule is CCNC(C)(C)CN1CCc2ccccc21. The van der Waals surface area contributed by atoms with E-state index in [0.717, 1.165) is 19.6 Å². The van der Waals surface area contributed by atoms with Gasteiger partial charge in [-0.1, -0.05) is 25.1 Å². The van der Waals surface area contributed by atoms with Gasteiger partial charge in [0.05, 0.1) is 0 Å². The molecule has 2 rings (SSSR count). The molecule has 1 aliphatic heterocycles. The number of anilines is 1. The molecule has 0 amide bonds. The second kappa shape index (κ2) is 4.46. The van der Waals surface area contributed by atoms with E-state index in [1.807, 2.05) is 0 Å². The zero-order valence-electron chi connectivity index (χ0n) is 10.6. The van der Waals surface area contributed by atoms with E-state index in [9.17, 15) is 0 Å². The Bertz CT molecular complexity index is 358. The highest BCUT2D eigenvalue weighted by Gasteiger charge is 2.25. The highest BCUT2D eigenvalue weighted by Crippen LogP contribution is 2.28. The third kappa shape index (κ3) is 2.38. The summed E-state index contributed by atoms with van der Waals surface area (Å²) in [6, 6.07) is 8.76. The fourth-order valence-corrected chi connectivity index (χ4v) is 2.58. The minimum atomic E-state index is 0.187. The molecule has 0 saturated heterocycles. The van der Waals surface area contributed by atoms with E-state index in [4.69, 9.17) is 0 Å². The molecule has 0 fully saturated rings. The average molecular weight is 218 g/mol. The summed E-state index contributed by atoms with van der Waals surface area (Å²) in [5.41, 5.74) is 3.11. The van der Waals surface area contributed by atoms with Crippen LogP contribution in [0, 0.1) is 0 Å². The fourth-order valence-electron chi connectivity index (χ4n) is 2.58. The molecule has 0 atom stereocenters. The summed E-state index contributed by atoms with van der Waals surface area (Å²) in [6.45, 7) is 9.99. The maximum Gasteiger partial charge on any atom is 0.0400 e. The van der Waals surface area contributed by atoms with Gasteiger partial charge in [0.15, 0.2) is 0 Å². The Balaban J connectivity index is 2.08. The summed E-state index contributed by atoms with van der Waals surface area (Å²) >= 11 is 0. The molecular formula is C14H22N2. The van der Waals surface area contributed by atoms with Crippen LogP contribution in [0.1, 0.15) is 26.3 Å². The van der Waals surface area contributed by atoms with E-state index in [1.165, 1.54) is 17.7 Å². The number of hydrogen-bond donors (Lipinski definition) is 1. The lowest BCUT2D eigenvalue weighted by molar-refractivity contribution is 0.399. The third-order valence-electron chi connectivity index (χ3n) is 3.22. The number of rotatable bonds is 4. The summed E-state index contributed by atoms with van der Waals surface area (Å²) in [7, 11) is 0. The molecule has 16 heavy (non-hydrogen) atoms. The van der Waals surface area contributed by atoms with Gasteiger partial charge in [0.2, 0.25) is 0 Å². The van der Waals surface area contributed by atoms with E-state index in [-0.39, 0.29) is 5.54 Å². The molecular weight excluding hydrogens is 196 g/mol. The van der Waals surface area contributed by atoms with Crippen LogP contribution >= 0.6 is 0 Å². The summed E-state index contributed by atoms with van der Waals surface area (Å²) in [6.07, 6.45) is 1.19. The van der Waals surface area contributed by atoms with Crippen molar-refractivity contribution in [3.8, 4) is 0 Å². The number of benzene rings is 1. The molecule has 0 unspecified atom stereocenters. The number of para-hydroxylation sites is 1. The summed E-state index contributed by atoms with van der Waals surface area (Å²) in [5.74, 6) is 0. The van der Waals surface area contributed by atoms with Gasteiger partial charge in [-0.15, -0.1) is 0 Å². The second-order valence-electron chi connectivity index (χ2n) is 5.21. The van der Waals surface area contributed by atoms with Gasteiger partial charge >= 0.3 is 0 Å². The van der Waals surface area contributed by atoms with Crippen LogP contribution in [0.4, 0.5) is 5.69 Å². The second-order valence-corrected chi connectivity index (χ2v) is 5.21. The lowest BCUT2D eigenvalue weighted by atomic mass is 10.0. The van der Waals surface area contributed by atoms with Crippen LogP contribution in [0.25, 0.3) is 0 Å². The first-order valence-electron chi connectivity index (χ1n) is 6.20. The number of fused-ring (bicyclic) bond motifs is 1. The molecule has 0 aliphatic carbocycles. The zero-order chi connectivity index (χ0) is 11.6. The predicted molar refractivity (Wildman–Crippen MR) is 70.1 cm³/mol. The molecule has 88 valence electrons. The van der Waals surface area contributed by atoms with Crippen molar-refractivity contribution in [2.45, 2.75) is 32.7 Å². The number of nitrogens with one attached hydrogen (secondary N) is 1. The normalized spacial score (nSPS) is 15.3. The molecule has 1 N–H and O–H groups in total. The van der Waals surface area contributed by atoms with Gasteiger partial charge in [0.1, 0.15) is 0 Å². The lowest BCUT2D eigenvalue weighted by Crippen LogP contribution is -2.48. The average Bonchev–Trinajstić information content (AvgIpc) is 2.61. The number of nitrogens with zero attached hydrogens (tertiary/aromatic N) is 1. The Morgan fingerprint density at radius 2 is 2.06 bits per heavy atom. The van der Waals surface area contributed by atoms with Gasteiger partial charge in [0.25, 0.3) is 0 Å². The van der Waals surface area contributed by atoms with Crippen molar-refractivity contribution < 1.29 is 0 Å². The Labute approximate surface area is 98.7 Å². The van der Waals surface area contributed by atoms with E-state index >= 15 is 0 Å². The summed E-state index contributed by atoms with van der Waals surface area (Å²) in [4.78, 5) is 2.50. The van der Waals surface area contributed by atoms with Crippen molar-refractivity contribution >= 4 is 5.69 Å². The first kappa shape index (κ1) is 11.5. The fraction of sp³-hybridized carbons (Fsp3) is 0.571. The molecule has 1 aromatic rings. The maximum atomic E-state index is 3.54. The molecule has 1 aliphatic rings. The summed E-state index contributed by atoms with van der Waals surface area (Å²) in [5, 5.41) is 3.54. The first-order valence-corrected chi connectivity index (χ1v) is 6.20. The van der Waals surface area contributed by atoms with E-state index < -0.39 is 0 Å². The van der Waals surface area contributed by atoms with Crippen LogP contribution in [-0.4, -0.2) is 25.2 Å². The quantitative estimate of drug-likeness (QED) is 0.835. The van der Waals surface area contributed by atoms with Gasteiger partial charge in [-0.25, -0.2) is 0 Å². The maximum absolute atomic E-state index is 3.54. The van der Waals surface area contributed by atoms with Gasteiger partial charge in [-0.2, -0.15) is 0 Å². The van der Waals surface area contributed by atoms with Crippen LogP contribution < -0.4 is 10.2 Å². The molecule has 2 nitrogen and oxygen atoms in total. The Morgan fingerprint density at radius 3 is 2.81 bits per heavy atom. The van der Waals surface area contributed by atoms with Crippen molar-refractivity contribution in [1.29, 1.82) is 0 Å². The summed E-state index contributed by atoms with van der Waals surface area (Å²) < 4.78 is 0. The minimum absolute atomic E-state index is 0.187. The molecule has 1 heterocycles. The zero-order valence-corrected chi connectivity index (χ0v) is 10.6. The van der Waals surface area contributed by atoms with E-state index in [0.29, 0.717) is 0 Å². The largest absolute Gasteiger partial charge is 0.369 e. The van der Waals surface area contributed by atoms with Crippen molar-refractivity contribution in [1.82, 2.24) is 5.32 Å². The van der Waals surface area contributed by atoms with Crippen molar-refractivity contribution in [3.05, 3.63) is 29.8 Å². The Morgan fingerprint density at radius 1 is 1.31 bits per heavy atom. The molecule has 0 saturated carbocycles. The van der Waals surface area contributed by atoms with Gasteiger partial charge in [-0.3, -0.25) is 0 Å². The molecule has 1 aromatic carbocycles. The van der Waals surface area contributed by atoms with Gasteiger partial charge in [0, 0.05) is 24.3 Å². The Kier molecular flexibility index (Phi) is 3.20. The monoisotopic (exact) mass is 218 g/mol. The minimum Gasteiger partial charge on any atom is -0.369 e. The van der Waals surface area contributed by atoms with Crippen LogP contribution in [0.2, 0.25) is 0 Å². The number of hydrogen-bond acceptors (Lipinski definition) is 2.